The van der Waals surface area contributed by atoms with Crippen LogP contribution in [0.5, 0.6) is 0 Å². The number of carbonyl (C=O) groups is 1. The number of amides is 1. The first-order chi connectivity index (χ1) is 7.11. The Labute approximate surface area is 104 Å². The third-order valence-corrected chi connectivity index (χ3v) is 3.05. The quantitative estimate of drug-likeness (QED) is 0.797. The van der Waals surface area contributed by atoms with E-state index in [1.54, 1.807) is 0 Å². The predicted octanol–water partition coefficient (Wildman–Crippen LogP) is 1.17. The number of hydrogen-bond donors (Lipinski definition) is 1. The van der Waals surface area contributed by atoms with E-state index < -0.39 is 6.10 Å². The number of ether oxygens (including phenoxy) is 1. The van der Waals surface area contributed by atoms with E-state index >= 15 is 0 Å². The zero-order valence-corrected chi connectivity index (χ0v) is 11.1. The molecule has 0 heterocycles. The number of nitrogens with two attached hydrogens (primary N) is 1. The first-order valence-corrected chi connectivity index (χ1v) is 5.66. The molecular formula is C11H23ClN2O2. The molecule has 1 fully saturated rings. The summed E-state index contributed by atoms with van der Waals surface area (Å²) in [7, 11) is 1.54. The van der Waals surface area contributed by atoms with Gasteiger partial charge in [0.1, 0.15) is 6.10 Å². The summed E-state index contributed by atoms with van der Waals surface area (Å²) in [6, 6.07) is 0.633. The maximum atomic E-state index is 12.1. The second kappa shape index (κ2) is 7.09. The van der Waals surface area contributed by atoms with Gasteiger partial charge >= 0.3 is 0 Å². The molecule has 1 unspecified atom stereocenters. The van der Waals surface area contributed by atoms with E-state index in [4.69, 9.17) is 10.5 Å². The van der Waals surface area contributed by atoms with Crippen LogP contribution in [0.1, 0.15) is 33.1 Å². The van der Waals surface area contributed by atoms with Gasteiger partial charge in [-0.2, -0.15) is 0 Å². The molecule has 0 aromatic heterocycles. The Balaban J connectivity index is 0.00000225. The third-order valence-electron chi connectivity index (χ3n) is 3.05. The largest absolute Gasteiger partial charge is 0.370 e. The summed E-state index contributed by atoms with van der Waals surface area (Å²) in [5.74, 6) is 0.0414. The van der Waals surface area contributed by atoms with Crippen LogP contribution in [0.4, 0.5) is 0 Å². The van der Waals surface area contributed by atoms with Gasteiger partial charge < -0.3 is 15.4 Å². The first-order valence-electron chi connectivity index (χ1n) is 5.66. The molecule has 16 heavy (non-hydrogen) atoms. The fourth-order valence-corrected chi connectivity index (χ4v) is 1.99. The highest BCUT2D eigenvalue weighted by Gasteiger charge is 2.33. The van der Waals surface area contributed by atoms with Crippen LogP contribution in [-0.2, 0) is 9.53 Å². The number of methoxy groups -OCH3 is 1. The summed E-state index contributed by atoms with van der Waals surface area (Å²) >= 11 is 0. The molecule has 1 saturated carbocycles. The van der Waals surface area contributed by atoms with E-state index in [9.17, 15) is 4.79 Å². The minimum atomic E-state index is -0.479. The van der Waals surface area contributed by atoms with Crippen LogP contribution in [0, 0.1) is 0 Å². The maximum absolute atomic E-state index is 12.1. The molecule has 1 rings (SSSR count). The van der Waals surface area contributed by atoms with E-state index in [1.807, 2.05) is 18.7 Å². The average Bonchev–Trinajstić information content (AvgIpc) is 2.12. The van der Waals surface area contributed by atoms with Crippen molar-refractivity contribution >= 4 is 18.3 Å². The SMILES string of the molecule is COC(CN)C(=O)N(C(C)C)C1CCC1.Cl. The fraction of sp³-hybridized carbons (Fsp3) is 0.909. The molecule has 0 saturated heterocycles. The highest BCUT2D eigenvalue weighted by molar-refractivity contribution is 5.85. The van der Waals surface area contributed by atoms with Gasteiger partial charge in [-0.15, -0.1) is 12.4 Å². The Morgan fingerprint density at radius 2 is 2.06 bits per heavy atom. The van der Waals surface area contributed by atoms with Gasteiger partial charge in [0.15, 0.2) is 0 Å². The molecule has 0 aromatic carbocycles. The van der Waals surface area contributed by atoms with E-state index in [0.29, 0.717) is 6.04 Å². The van der Waals surface area contributed by atoms with Crippen LogP contribution < -0.4 is 5.73 Å². The molecule has 2 N–H and O–H groups in total. The van der Waals surface area contributed by atoms with Gasteiger partial charge in [-0.25, -0.2) is 0 Å². The van der Waals surface area contributed by atoms with Crippen molar-refractivity contribution in [3.05, 3.63) is 0 Å². The van der Waals surface area contributed by atoms with Crippen molar-refractivity contribution in [3.8, 4) is 0 Å². The van der Waals surface area contributed by atoms with Crippen molar-refractivity contribution in [3.63, 3.8) is 0 Å². The highest BCUT2D eigenvalue weighted by atomic mass is 35.5. The monoisotopic (exact) mass is 250 g/mol. The van der Waals surface area contributed by atoms with Gasteiger partial charge in [0.2, 0.25) is 0 Å². The van der Waals surface area contributed by atoms with Gasteiger partial charge in [-0.3, -0.25) is 4.79 Å². The molecule has 0 radical (unpaired) electrons. The standard InChI is InChI=1S/C11H22N2O2.ClH/c1-8(2)13(9-5-4-6-9)11(14)10(7-12)15-3;/h8-10H,4-7,12H2,1-3H3;1H. The summed E-state index contributed by atoms with van der Waals surface area (Å²) in [6.45, 7) is 4.34. The zero-order valence-electron chi connectivity index (χ0n) is 10.3. The van der Waals surface area contributed by atoms with Crippen molar-refractivity contribution in [2.24, 2.45) is 5.73 Å². The molecular weight excluding hydrogens is 228 g/mol. The lowest BCUT2D eigenvalue weighted by atomic mass is 9.90. The molecule has 0 bridgehead atoms. The van der Waals surface area contributed by atoms with E-state index in [-0.39, 0.29) is 30.9 Å². The van der Waals surface area contributed by atoms with Gasteiger partial charge in [0, 0.05) is 25.7 Å². The Morgan fingerprint density at radius 3 is 2.31 bits per heavy atom. The highest BCUT2D eigenvalue weighted by Crippen LogP contribution is 2.27. The van der Waals surface area contributed by atoms with Gasteiger partial charge in [0.05, 0.1) is 0 Å². The van der Waals surface area contributed by atoms with Crippen molar-refractivity contribution in [2.45, 2.75) is 51.3 Å². The van der Waals surface area contributed by atoms with E-state index in [2.05, 4.69) is 0 Å². The van der Waals surface area contributed by atoms with Gasteiger partial charge in [-0.05, 0) is 33.1 Å². The summed E-state index contributed by atoms with van der Waals surface area (Å²) < 4.78 is 5.09. The molecule has 1 atom stereocenters. The van der Waals surface area contributed by atoms with E-state index in [1.165, 1.54) is 13.5 Å². The number of rotatable bonds is 5. The Bertz CT molecular complexity index is 216. The molecule has 96 valence electrons. The lowest BCUT2D eigenvalue weighted by Gasteiger charge is -2.41. The minimum absolute atomic E-state index is 0. The minimum Gasteiger partial charge on any atom is -0.370 e. The van der Waals surface area contributed by atoms with Crippen LogP contribution in [0.15, 0.2) is 0 Å². The van der Waals surface area contributed by atoms with Gasteiger partial charge in [-0.1, -0.05) is 0 Å². The molecule has 4 nitrogen and oxygen atoms in total. The molecule has 0 aromatic rings. The van der Waals surface area contributed by atoms with Crippen LogP contribution in [0.25, 0.3) is 0 Å². The number of halogens is 1. The first kappa shape index (κ1) is 15.7. The second-order valence-corrected chi connectivity index (χ2v) is 4.38. The van der Waals surface area contributed by atoms with Crippen molar-refractivity contribution in [2.75, 3.05) is 13.7 Å². The fourth-order valence-electron chi connectivity index (χ4n) is 1.99. The molecule has 0 aliphatic heterocycles. The van der Waals surface area contributed by atoms with Crippen LogP contribution in [-0.4, -0.2) is 42.6 Å². The lowest BCUT2D eigenvalue weighted by molar-refractivity contribution is -0.147. The topological polar surface area (TPSA) is 55.6 Å². The maximum Gasteiger partial charge on any atom is 0.253 e. The summed E-state index contributed by atoms with van der Waals surface area (Å²) in [6.07, 6.45) is 2.98. The van der Waals surface area contributed by atoms with E-state index in [0.717, 1.165) is 12.8 Å². The Kier molecular flexibility index (Phi) is 6.95. The van der Waals surface area contributed by atoms with Crippen molar-refractivity contribution < 1.29 is 9.53 Å². The van der Waals surface area contributed by atoms with Crippen LogP contribution in [0.3, 0.4) is 0 Å². The lowest BCUT2D eigenvalue weighted by Crippen LogP contribution is -2.53. The Hall–Kier alpha value is -0.320. The van der Waals surface area contributed by atoms with Crippen molar-refractivity contribution in [1.82, 2.24) is 4.90 Å². The number of nitrogens with zero attached hydrogens (tertiary/aromatic N) is 1. The molecule has 1 aliphatic rings. The number of hydrogen-bond acceptors (Lipinski definition) is 3. The summed E-state index contributed by atoms with van der Waals surface area (Å²) in [5.41, 5.74) is 5.51. The zero-order chi connectivity index (χ0) is 11.4. The van der Waals surface area contributed by atoms with Crippen LogP contribution >= 0.6 is 12.4 Å². The van der Waals surface area contributed by atoms with Crippen molar-refractivity contribution in [1.29, 1.82) is 0 Å². The number of carbonyl (C=O) groups excluding carboxylic acids is 1. The summed E-state index contributed by atoms with van der Waals surface area (Å²) in [5, 5.41) is 0. The molecule has 5 heteroatoms. The molecule has 1 amide bonds. The normalized spacial score (nSPS) is 17.6. The summed E-state index contributed by atoms with van der Waals surface area (Å²) in [4.78, 5) is 14.0. The van der Waals surface area contributed by atoms with Crippen LogP contribution in [0.2, 0.25) is 0 Å². The average molecular weight is 251 g/mol. The second-order valence-electron chi connectivity index (χ2n) is 4.38. The third kappa shape index (κ3) is 3.34. The molecule has 1 aliphatic carbocycles. The smallest absolute Gasteiger partial charge is 0.253 e. The molecule has 0 spiro atoms. The predicted molar refractivity (Wildman–Crippen MR) is 66.7 cm³/mol. The Morgan fingerprint density at radius 1 is 1.50 bits per heavy atom. The van der Waals surface area contributed by atoms with Gasteiger partial charge in [0.25, 0.3) is 5.91 Å².